The zero-order valence-corrected chi connectivity index (χ0v) is 11.0. The van der Waals surface area contributed by atoms with E-state index in [1.807, 2.05) is 0 Å². The molecular weight excluding hydrogens is 262 g/mol. The van der Waals surface area contributed by atoms with Gasteiger partial charge in [-0.2, -0.15) is 0 Å². The van der Waals surface area contributed by atoms with Crippen LogP contribution in [0.3, 0.4) is 0 Å². The van der Waals surface area contributed by atoms with E-state index in [9.17, 15) is 9.90 Å². The SMILES string of the molecule is COc1cc(C(=O)O)c(O)c(-c2ccccn2)c1OC. The standard InChI is InChI=1S/C14H13NO5/c1-19-10-7-8(14(17)18)12(16)11(13(10)20-2)9-5-3-4-6-15-9/h3-7,16H,1-2H3,(H,17,18). The van der Waals surface area contributed by atoms with Crippen molar-refractivity contribution in [2.24, 2.45) is 0 Å². The Morgan fingerprint density at radius 3 is 2.50 bits per heavy atom. The van der Waals surface area contributed by atoms with Gasteiger partial charge in [-0.25, -0.2) is 4.79 Å². The quantitative estimate of drug-likeness (QED) is 0.889. The lowest BCUT2D eigenvalue weighted by atomic mass is 10.0. The number of carbonyl (C=O) groups is 1. The number of aromatic nitrogens is 1. The summed E-state index contributed by atoms with van der Waals surface area (Å²) in [5.41, 5.74) is 0.302. The summed E-state index contributed by atoms with van der Waals surface area (Å²) in [7, 11) is 2.80. The molecule has 0 aliphatic carbocycles. The molecule has 6 nitrogen and oxygen atoms in total. The van der Waals surface area contributed by atoms with E-state index in [2.05, 4.69) is 4.98 Å². The Hall–Kier alpha value is -2.76. The number of benzene rings is 1. The van der Waals surface area contributed by atoms with Crippen LogP contribution in [-0.2, 0) is 0 Å². The van der Waals surface area contributed by atoms with Crippen LogP contribution >= 0.6 is 0 Å². The fourth-order valence-electron chi connectivity index (χ4n) is 1.90. The Morgan fingerprint density at radius 2 is 2.00 bits per heavy atom. The molecule has 2 N–H and O–H groups in total. The van der Waals surface area contributed by atoms with E-state index in [0.717, 1.165) is 0 Å². The Bertz CT molecular complexity index is 640. The number of aromatic carboxylic acids is 1. The first-order valence-corrected chi connectivity index (χ1v) is 5.72. The summed E-state index contributed by atoms with van der Waals surface area (Å²) < 4.78 is 10.3. The highest BCUT2D eigenvalue weighted by Crippen LogP contribution is 2.45. The minimum atomic E-state index is -1.26. The first kappa shape index (κ1) is 13.7. The first-order valence-electron chi connectivity index (χ1n) is 5.72. The van der Waals surface area contributed by atoms with Gasteiger partial charge in [0.1, 0.15) is 11.3 Å². The second-order valence-electron chi connectivity index (χ2n) is 3.90. The van der Waals surface area contributed by atoms with Gasteiger partial charge >= 0.3 is 5.97 Å². The van der Waals surface area contributed by atoms with Crippen molar-refractivity contribution in [1.82, 2.24) is 4.98 Å². The van der Waals surface area contributed by atoms with Gasteiger partial charge in [-0.3, -0.25) is 4.98 Å². The van der Waals surface area contributed by atoms with E-state index in [0.29, 0.717) is 5.69 Å². The van der Waals surface area contributed by atoms with Gasteiger partial charge in [-0.05, 0) is 12.1 Å². The lowest BCUT2D eigenvalue weighted by molar-refractivity contribution is 0.0693. The smallest absolute Gasteiger partial charge is 0.339 e. The van der Waals surface area contributed by atoms with Gasteiger partial charge in [0.15, 0.2) is 11.5 Å². The molecule has 0 saturated carbocycles. The van der Waals surface area contributed by atoms with Crippen LogP contribution in [0.4, 0.5) is 0 Å². The van der Waals surface area contributed by atoms with Crippen LogP contribution in [-0.4, -0.2) is 35.4 Å². The van der Waals surface area contributed by atoms with Crippen molar-refractivity contribution in [1.29, 1.82) is 0 Å². The molecule has 1 aromatic carbocycles. The summed E-state index contributed by atoms with van der Waals surface area (Å²) >= 11 is 0. The number of hydrogen-bond acceptors (Lipinski definition) is 5. The molecule has 0 aliphatic rings. The zero-order chi connectivity index (χ0) is 14.7. The molecule has 1 aromatic heterocycles. The third-order valence-electron chi connectivity index (χ3n) is 2.79. The van der Waals surface area contributed by atoms with Crippen LogP contribution in [0.2, 0.25) is 0 Å². The highest BCUT2D eigenvalue weighted by molar-refractivity contribution is 5.96. The highest BCUT2D eigenvalue weighted by Gasteiger charge is 2.24. The fraction of sp³-hybridized carbons (Fsp3) is 0.143. The zero-order valence-electron chi connectivity index (χ0n) is 11.0. The molecule has 0 spiro atoms. The Labute approximate surface area is 115 Å². The van der Waals surface area contributed by atoms with Crippen LogP contribution in [0.1, 0.15) is 10.4 Å². The van der Waals surface area contributed by atoms with Gasteiger partial charge in [-0.15, -0.1) is 0 Å². The number of hydrogen-bond donors (Lipinski definition) is 2. The van der Waals surface area contributed by atoms with E-state index < -0.39 is 11.7 Å². The Morgan fingerprint density at radius 1 is 1.25 bits per heavy atom. The number of carboxylic acid groups (broad SMARTS) is 1. The predicted molar refractivity (Wildman–Crippen MR) is 71.4 cm³/mol. The molecule has 2 aromatic rings. The monoisotopic (exact) mass is 275 g/mol. The van der Waals surface area contributed by atoms with Gasteiger partial charge in [0.25, 0.3) is 0 Å². The molecule has 0 radical (unpaired) electrons. The predicted octanol–water partition coefficient (Wildman–Crippen LogP) is 2.17. The average molecular weight is 275 g/mol. The van der Waals surface area contributed by atoms with Gasteiger partial charge in [0.05, 0.1) is 25.5 Å². The molecule has 0 amide bonds. The van der Waals surface area contributed by atoms with Gasteiger partial charge in [0, 0.05) is 12.3 Å². The van der Waals surface area contributed by atoms with Crippen LogP contribution < -0.4 is 9.47 Å². The fourth-order valence-corrected chi connectivity index (χ4v) is 1.90. The van der Waals surface area contributed by atoms with Gasteiger partial charge in [-0.1, -0.05) is 6.07 Å². The highest BCUT2D eigenvalue weighted by atomic mass is 16.5. The number of methoxy groups -OCH3 is 2. The average Bonchev–Trinajstić information content (AvgIpc) is 2.47. The van der Waals surface area contributed by atoms with Crippen molar-refractivity contribution in [3.8, 4) is 28.5 Å². The maximum absolute atomic E-state index is 11.2. The molecule has 0 atom stereocenters. The molecule has 0 fully saturated rings. The van der Waals surface area contributed by atoms with Crippen LogP contribution in [0.15, 0.2) is 30.5 Å². The van der Waals surface area contributed by atoms with E-state index in [4.69, 9.17) is 14.6 Å². The molecule has 20 heavy (non-hydrogen) atoms. The molecule has 0 bridgehead atoms. The van der Waals surface area contributed by atoms with E-state index in [1.54, 1.807) is 18.2 Å². The largest absolute Gasteiger partial charge is 0.506 e. The van der Waals surface area contributed by atoms with Crippen LogP contribution in [0.25, 0.3) is 11.3 Å². The molecular formula is C14H13NO5. The second-order valence-corrected chi connectivity index (χ2v) is 3.90. The van der Waals surface area contributed by atoms with Gasteiger partial charge in [0.2, 0.25) is 0 Å². The number of phenols is 1. The summed E-state index contributed by atoms with van der Waals surface area (Å²) in [6, 6.07) is 6.29. The van der Waals surface area contributed by atoms with Crippen molar-refractivity contribution in [3.63, 3.8) is 0 Å². The minimum absolute atomic E-state index is 0.185. The molecule has 2 rings (SSSR count). The normalized spacial score (nSPS) is 10.1. The van der Waals surface area contributed by atoms with Crippen molar-refractivity contribution in [2.75, 3.05) is 14.2 Å². The van der Waals surface area contributed by atoms with Crippen LogP contribution in [0, 0.1) is 0 Å². The minimum Gasteiger partial charge on any atom is -0.506 e. The number of rotatable bonds is 4. The summed E-state index contributed by atoms with van der Waals surface area (Å²) in [6.07, 6.45) is 1.54. The molecule has 0 saturated heterocycles. The molecule has 1 heterocycles. The van der Waals surface area contributed by atoms with E-state index in [-0.39, 0.29) is 22.6 Å². The summed E-state index contributed by atoms with van der Waals surface area (Å²) in [5.74, 6) is -1.23. The number of aromatic hydroxyl groups is 1. The van der Waals surface area contributed by atoms with Crippen molar-refractivity contribution in [2.45, 2.75) is 0 Å². The summed E-state index contributed by atoms with van der Waals surface area (Å²) in [4.78, 5) is 15.3. The number of pyridine rings is 1. The maximum atomic E-state index is 11.2. The summed E-state index contributed by atoms with van der Waals surface area (Å²) in [5, 5.41) is 19.3. The van der Waals surface area contributed by atoms with E-state index in [1.165, 1.54) is 26.5 Å². The maximum Gasteiger partial charge on any atom is 0.339 e. The summed E-state index contributed by atoms with van der Waals surface area (Å²) in [6.45, 7) is 0. The third kappa shape index (κ3) is 2.23. The number of carboxylic acids is 1. The Kier molecular flexibility index (Phi) is 3.74. The number of ether oxygens (including phenoxy) is 2. The van der Waals surface area contributed by atoms with Crippen LogP contribution in [0.5, 0.6) is 17.2 Å². The van der Waals surface area contributed by atoms with Crippen molar-refractivity contribution in [3.05, 3.63) is 36.0 Å². The third-order valence-corrected chi connectivity index (χ3v) is 2.79. The number of nitrogens with zero attached hydrogens (tertiary/aromatic N) is 1. The Balaban J connectivity index is 2.82. The second kappa shape index (κ2) is 5.48. The molecule has 6 heteroatoms. The first-order chi connectivity index (χ1) is 9.60. The lowest BCUT2D eigenvalue weighted by Gasteiger charge is -2.15. The van der Waals surface area contributed by atoms with Crippen molar-refractivity contribution >= 4 is 5.97 Å². The van der Waals surface area contributed by atoms with Gasteiger partial charge < -0.3 is 19.7 Å². The van der Waals surface area contributed by atoms with Crippen molar-refractivity contribution < 1.29 is 24.5 Å². The molecule has 0 unspecified atom stereocenters. The molecule has 0 aliphatic heterocycles. The molecule has 104 valence electrons. The van der Waals surface area contributed by atoms with E-state index >= 15 is 0 Å². The lowest BCUT2D eigenvalue weighted by Crippen LogP contribution is -2.02. The topological polar surface area (TPSA) is 88.9 Å².